The predicted molar refractivity (Wildman–Crippen MR) is 92.0 cm³/mol. The SMILES string of the molecule is Cc1ccc(NC(=O)C2C3CC2(C(N)=O)C3)cc1Oc1ccccn1. The molecule has 1 aromatic carbocycles. The second kappa shape index (κ2) is 5.58. The topological polar surface area (TPSA) is 94.3 Å². The van der Waals surface area contributed by atoms with Gasteiger partial charge < -0.3 is 15.8 Å². The highest BCUT2D eigenvalue weighted by atomic mass is 16.5. The fraction of sp³-hybridized carbons (Fsp3) is 0.316. The number of rotatable bonds is 5. The van der Waals surface area contributed by atoms with E-state index in [1.54, 1.807) is 18.3 Å². The number of nitrogens with zero attached hydrogens (tertiary/aromatic N) is 1. The molecule has 3 aliphatic rings. The van der Waals surface area contributed by atoms with Crippen LogP contribution in [-0.2, 0) is 9.59 Å². The third-order valence-electron chi connectivity index (χ3n) is 5.40. The number of carbonyl (C=O) groups is 2. The summed E-state index contributed by atoms with van der Waals surface area (Å²) in [5, 5.41) is 2.89. The van der Waals surface area contributed by atoms with Crippen LogP contribution >= 0.6 is 0 Å². The lowest BCUT2D eigenvalue weighted by Gasteiger charge is -2.65. The van der Waals surface area contributed by atoms with Crippen molar-refractivity contribution in [3.63, 3.8) is 0 Å². The molecule has 128 valence electrons. The third-order valence-corrected chi connectivity index (χ3v) is 5.40. The van der Waals surface area contributed by atoms with Crippen molar-refractivity contribution in [2.24, 2.45) is 23.0 Å². The van der Waals surface area contributed by atoms with Gasteiger partial charge in [-0.05, 0) is 43.4 Å². The molecule has 3 saturated carbocycles. The maximum atomic E-state index is 12.5. The number of aromatic nitrogens is 1. The maximum absolute atomic E-state index is 12.5. The largest absolute Gasteiger partial charge is 0.439 e. The first-order valence-corrected chi connectivity index (χ1v) is 8.30. The van der Waals surface area contributed by atoms with Crippen LogP contribution in [0.3, 0.4) is 0 Å². The zero-order chi connectivity index (χ0) is 17.6. The summed E-state index contributed by atoms with van der Waals surface area (Å²) in [6, 6.07) is 10.9. The molecule has 25 heavy (non-hydrogen) atoms. The van der Waals surface area contributed by atoms with Crippen LogP contribution in [0.2, 0.25) is 0 Å². The van der Waals surface area contributed by atoms with Crippen LogP contribution in [0.15, 0.2) is 42.6 Å². The second-order valence-electron chi connectivity index (χ2n) is 6.91. The Labute approximate surface area is 145 Å². The molecular weight excluding hydrogens is 318 g/mol. The highest BCUT2D eigenvalue weighted by Crippen LogP contribution is 2.68. The van der Waals surface area contributed by atoms with E-state index in [4.69, 9.17) is 10.5 Å². The molecule has 3 aliphatic carbocycles. The summed E-state index contributed by atoms with van der Waals surface area (Å²) in [6.07, 6.45) is 3.13. The molecule has 0 radical (unpaired) electrons. The van der Waals surface area contributed by atoms with Crippen LogP contribution in [-0.4, -0.2) is 16.8 Å². The smallest absolute Gasteiger partial charge is 0.228 e. The highest BCUT2D eigenvalue weighted by Gasteiger charge is 2.71. The summed E-state index contributed by atoms with van der Waals surface area (Å²) in [6.45, 7) is 1.92. The van der Waals surface area contributed by atoms with Gasteiger partial charge in [-0.1, -0.05) is 12.1 Å². The minimum absolute atomic E-state index is 0.145. The maximum Gasteiger partial charge on any atom is 0.228 e. The average molecular weight is 337 g/mol. The van der Waals surface area contributed by atoms with Crippen molar-refractivity contribution in [3.8, 4) is 11.6 Å². The van der Waals surface area contributed by atoms with Gasteiger partial charge in [0.15, 0.2) is 0 Å². The molecule has 0 aliphatic heterocycles. The Hall–Kier alpha value is -2.89. The lowest BCUT2D eigenvalue weighted by molar-refractivity contribution is -0.197. The van der Waals surface area contributed by atoms with E-state index in [9.17, 15) is 9.59 Å². The Kier molecular flexibility index (Phi) is 3.49. The number of ether oxygens (including phenoxy) is 1. The van der Waals surface area contributed by atoms with Gasteiger partial charge in [-0.2, -0.15) is 0 Å². The standard InChI is InChI=1S/C19H19N3O3/c1-11-5-6-13(8-14(11)25-15-4-2-3-7-21-15)22-17(23)16-12-9-19(16,10-12)18(20)24/h2-8,12,16H,9-10H2,1H3,(H2,20,24)(H,22,23). The quantitative estimate of drug-likeness (QED) is 0.877. The number of hydrogen-bond donors (Lipinski definition) is 2. The van der Waals surface area contributed by atoms with E-state index in [1.165, 1.54) is 0 Å². The molecule has 2 amide bonds. The second-order valence-corrected chi connectivity index (χ2v) is 6.91. The van der Waals surface area contributed by atoms with Gasteiger partial charge in [-0.25, -0.2) is 4.98 Å². The Morgan fingerprint density at radius 3 is 2.68 bits per heavy atom. The van der Waals surface area contributed by atoms with Crippen LogP contribution in [0.25, 0.3) is 0 Å². The van der Waals surface area contributed by atoms with Gasteiger partial charge in [0.05, 0.1) is 11.3 Å². The molecule has 0 saturated heterocycles. The number of benzene rings is 1. The Bertz CT molecular complexity index is 844. The zero-order valence-electron chi connectivity index (χ0n) is 13.9. The average Bonchev–Trinajstić information content (AvgIpc) is 2.48. The fourth-order valence-electron chi connectivity index (χ4n) is 3.84. The molecule has 3 fully saturated rings. The summed E-state index contributed by atoms with van der Waals surface area (Å²) >= 11 is 0. The third kappa shape index (κ3) is 2.45. The molecule has 1 aromatic heterocycles. The van der Waals surface area contributed by atoms with Gasteiger partial charge in [-0.3, -0.25) is 9.59 Å². The monoisotopic (exact) mass is 337 g/mol. The first kappa shape index (κ1) is 15.6. The van der Waals surface area contributed by atoms with Crippen molar-refractivity contribution in [1.29, 1.82) is 0 Å². The number of nitrogens with two attached hydrogens (primary N) is 1. The minimum atomic E-state index is -0.618. The number of pyridine rings is 1. The summed E-state index contributed by atoms with van der Waals surface area (Å²) in [5.74, 6) is 0.586. The predicted octanol–water partition coefficient (Wildman–Crippen LogP) is 2.63. The molecule has 1 unspecified atom stereocenters. The first-order valence-electron chi connectivity index (χ1n) is 8.30. The van der Waals surface area contributed by atoms with Crippen molar-refractivity contribution in [3.05, 3.63) is 48.2 Å². The molecule has 6 heteroatoms. The summed E-state index contributed by atoms with van der Waals surface area (Å²) in [5.41, 5.74) is 6.42. The Balaban J connectivity index is 1.49. The number of hydrogen-bond acceptors (Lipinski definition) is 4. The number of amides is 2. The molecule has 1 atom stereocenters. The molecular formula is C19H19N3O3. The van der Waals surface area contributed by atoms with Gasteiger partial charge in [0.2, 0.25) is 17.7 Å². The van der Waals surface area contributed by atoms with Crippen LogP contribution in [0, 0.1) is 24.2 Å². The van der Waals surface area contributed by atoms with Crippen LogP contribution in [0.4, 0.5) is 5.69 Å². The van der Waals surface area contributed by atoms with E-state index in [1.807, 2.05) is 31.2 Å². The summed E-state index contributed by atoms with van der Waals surface area (Å²) < 4.78 is 5.78. The lowest BCUT2D eigenvalue weighted by atomic mass is 9.37. The number of primary amides is 1. The van der Waals surface area contributed by atoms with Crippen molar-refractivity contribution >= 4 is 17.5 Å². The molecule has 0 spiro atoms. The van der Waals surface area contributed by atoms with Crippen molar-refractivity contribution in [2.75, 3.05) is 5.32 Å². The normalized spacial score (nSPS) is 26.1. The molecule has 5 rings (SSSR count). The zero-order valence-corrected chi connectivity index (χ0v) is 13.9. The fourth-order valence-corrected chi connectivity index (χ4v) is 3.84. The number of anilines is 1. The molecule has 6 nitrogen and oxygen atoms in total. The first-order chi connectivity index (χ1) is 12.0. The Morgan fingerprint density at radius 1 is 1.28 bits per heavy atom. The summed E-state index contributed by atoms with van der Waals surface area (Å²) in [4.78, 5) is 28.3. The minimum Gasteiger partial charge on any atom is -0.439 e. The number of aryl methyl sites for hydroxylation is 1. The van der Waals surface area contributed by atoms with Gasteiger partial charge >= 0.3 is 0 Å². The van der Waals surface area contributed by atoms with Crippen LogP contribution in [0.1, 0.15) is 18.4 Å². The van der Waals surface area contributed by atoms with Gasteiger partial charge in [0, 0.05) is 24.0 Å². The van der Waals surface area contributed by atoms with Gasteiger partial charge in [0.25, 0.3) is 0 Å². The van der Waals surface area contributed by atoms with Gasteiger partial charge in [0.1, 0.15) is 5.75 Å². The van der Waals surface area contributed by atoms with Gasteiger partial charge in [-0.15, -0.1) is 0 Å². The molecule has 3 N–H and O–H groups in total. The highest BCUT2D eigenvalue weighted by molar-refractivity contribution is 6.01. The van der Waals surface area contributed by atoms with E-state index < -0.39 is 5.41 Å². The van der Waals surface area contributed by atoms with Crippen LogP contribution in [0.5, 0.6) is 11.6 Å². The van der Waals surface area contributed by atoms with E-state index in [0.29, 0.717) is 17.3 Å². The lowest BCUT2D eigenvalue weighted by Crippen LogP contribution is -2.70. The van der Waals surface area contributed by atoms with Crippen molar-refractivity contribution in [2.45, 2.75) is 19.8 Å². The molecule has 1 heterocycles. The van der Waals surface area contributed by atoms with E-state index in [0.717, 1.165) is 18.4 Å². The van der Waals surface area contributed by atoms with Crippen molar-refractivity contribution < 1.29 is 14.3 Å². The number of carbonyl (C=O) groups excluding carboxylic acids is 2. The van der Waals surface area contributed by atoms with Crippen molar-refractivity contribution in [1.82, 2.24) is 4.98 Å². The van der Waals surface area contributed by atoms with E-state index in [-0.39, 0.29) is 23.7 Å². The Morgan fingerprint density at radius 2 is 2.08 bits per heavy atom. The molecule has 2 bridgehead atoms. The van der Waals surface area contributed by atoms with Crippen LogP contribution < -0.4 is 15.8 Å². The van der Waals surface area contributed by atoms with E-state index in [2.05, 4.69) is 10.3 Å². The number of nitrogens with one attached hydrogen (secondary N) is 1. The van der Waals surface area contributed by atoms with E-state index >= 15 is 0 Å². The summed E-state index contributed by atoms with van der Waals surface area (Å²) in [7, 11) is 0. The molecule has 2 aromatic rings.